The molecule has 0 nitrogen and oxygen atoms in total. The van der Waals surface area contributed by atoms with Crippen LogP contribution in [0.5, 0.6) is 0 Å². The largest absolute Gasteiger partial charge is 0.152 e. The second-order valence-corrected chi connectivity index (χ2v) is 6.95. The van der Waals surface area contributed by atoms with Gasteiger partial charge in [-0.2, -0.15) is 0 Å². The molecule has 0 saturated carbocycles. The Hall–Kier alpha value is -2.28. The maximum atomic E-state index is 4.40. The molecule has 125 valence electrons. The molecule has 0 bridgehead atoms. The van der Waals surface area contributed by atoms with Gasteiger partial charge in [0.05, 0.1) is 0 Å². The fraction of sp³-hybridized carbons (Fsp3) is 0.250. The molecule has 1 radical (unpaired) electrons. The number of rotatable bonds is 6. The molecule has 0 saturated heterocycles. The molecule has 1 heteroatoms. The smallest absolute Gasteiger partial charge is 0.0911 e. The summed E-state index contributed by atoms with van der Waals surface area (Å²) < 4.78 is 0. The Morgan fingerprint density at radius 3 is 2.48 bits per heavy atom. The van der Waals surface area contributed by atoms with Crippen molar-refractivity contribution in [1.29, 1.82) is 0 Å². The molecule has 3 aromatic carbocycles. The number of fused-ring (bicyclic) bond motifs is 1. The Labute approximate surface area is 152 Å². The molecule has 0 aliphatic heterocycles. The Balaban J connectivity index is 2.03. The van der Waals surface area contributed by atoms with Gasteiger partial charge in [0.1, 0.15) is 0 Å². The molecule has 0 atom stereocenters. The van der Waals surface area contributed by atoms with Crippen molar-refractivity contribution in [3.63, 3.8) is 0 Å². The molecule has 0 aromatic heterocycles. The van der Waals surface area contributed by atoms with Crippen LogP contribution in [0.1, 0.15) is 36.5 Å². The molecule has 0 spiro atoms. The first-order valence-corrected chi connectivity index (χ1v) is 9.21. The standard InChI is InChI=1S/C24H26B/c1-5-6-14-25-23-9-7-8-22-19(4)21(15-18(3)24(22)23)16-20-12-10-17(2)11-13-20/h7-13,15H,3-6,14,16H2,1-2H3. The van der Waals surface area contributed by atoms with Crippen LogP contribution in [-0.2, 0) is 6.42 Å². The zero-order chi connectivity index (χ0) is 17.8. The van der Waals surface area contributed by atoms with E-state index in [-0.39, 0.29) is 0 Å². The summed E-state index contributed by atoms with van der Waals surface area (Å²) in [6.07, 6.45) is 4.47. The highest BCUT2D eigenvalue weighted by molar-refractivity contribution is 6.57. The van der Waals surface area contributed by atoms with Crippen LogP contribution in [0.4, 0.5) is 0 Å². The van der Waals surface area contributed by atoms with Crippen LogP contribution < -0.4 is 15.9 Å². The van der Waals surface area contributed by atoms with E-state index in [9.17, 15) is 0 Å². The molecule has 0 unspecified atom stereocenters. The third-order valence-electron chi connectivity index (χ3n) is 4.92. The van der Waals surface area contributed by atoms with E-state index in [1.807, 2.05) is 0 Å². The van der Waals surface area contributed by atoms with Crippen molar-refractivity contribution in [3.8, 4) is 0 Å². The van der Waals surface area contributed by atoms with E-state index in [1.54, 1.807) is 0 Å². The lowest BCUT2D eigenvalue weighted by Gasteiger charge is -2.11. The minimum atomic E-state index is 0.904. The summed E-state index contributed by atoms with van der Waals surface area (Å²) in [7, 11) is 2.35. The molecule has 3 aromatic rings. The fourth-order valence-electron chi connectivity index (χ4n) is 3.44. The van der Waals surface area contributed by atoms with Gasteiger partial charge in [-0.05, 0) is 45.7 Å². The highest BCUT2D eigenvalue weighted by atomic mass is 14.1. The van der Waals surface area contributed by atoms with Gasteiger partial charge in [-0.3, -0.25) is 0 Å². The Morgan fingerprint density at radius 2 is 1.76 bits per heavy atom. The van der Waals surface area contributed by atoms with Gasteiger partial charge in [-0.15, -0.1) is 0 Å². The molecule has 0 fully saturated rings. The Morgan fingerprint density at radius 1 is 1.00 bits per heavy atom. The van der Waals surface area contributed by atoms with Crippen LogP contribution in [0.3, 0.4) is 0 Å². The lowest BCUT2D eigenvalue weighted by Crippen LogP contribution is -2.25. The van der Waals surface area contributed by atoms with Gasteiger partial charge in [0.2, 0.25) is 0 Å². The van der Waals surface area contributed by atoms with E-state index in [4.69, 9.17) is 0 Å². The third-order valence-corrected chi connectivity index (χ3v) is 4.92. The number of unbranched alkanes of at least 4 members (excludes halogenated alkanes) is 1. The van der Waals surface area contributed by atoms with Gasteiger partial charge < -0.3 is 0 Å². The van der Waals surface area contributed by atoms with Crippen molar-refractivity contribution >= 4 is 36.7 Å². The third kappa shape index (κ3) is 3.87. The minimum Gasteiger partial charge on any atom is -0.0911 e. The van der Waals surface area contributed by atoms with E-state index in [2.05, 4.69) is 82.8 Å². The Bertz CT molecular complexity index is 968. The monoisotopic (exact) mass is 325 g/mol. The average Bonchev–Trinajstić information content (AvgIpc) is 2.61. The highest BCUT2D eigenvalue weighted by Gasteiger charge is 2.07. The maximum absolute atomic E-state index is 4.40. The van der Waals surface area contributed by atoms with E-state index in [1.165, 1.54) is 45.8 Å². The van der Waals surface area contributed by atoms with Crippen LogP contribution >= 0.6 is 0 Å². The number of hydrogen-bond donors (Lipinski definition) is 0. The average molecular weight is 325 g/mol. The molecular formula is C24H26B. The van der Waals surface area contributed by atoms with Crippen molar-refractivity contribution in [3.05, 3.63) is 75.7 Å². The van der Waals surface area contributed by atoms with Crippen molar-refractivity contribution in [2.24, 2.45) is 0 Å². The molecule has 0 amide bonds. The lowest BCUT2D eigenvalue weighted by molar-refractivity contribution is 0.881. The SMILES string of the molecule is C=c1c(Cc2ccc(C)cc2)cc(=C)c2c([B]CCCC)cccc12. The minimum absolute atomic E-state index is 0.904. The maximum Gasteiger partial charge on any atom is 0.152 e. The van der Waals surface area contributed by atoms with E-state index < -0.39 is 0 Å². The van der Waals surface area contributed by atoms with Crippen molar-refractivity contribution < 1.29 is 0 Å². The normalized spacial score (nSPS) is 11.0. The van der Waals surface area contributed by atoms with Crippen LogP contribution in [-0.4, -0.2) is 7.28 Å². The number of benzene rings is 3. The van der Waals surface area contributed by atoms with Gasteiger partial charge in [0.25, 0.3) is 0 Å². The summed E-state index contributed by atoms with van der Waals surface area (Å²) in [4.78, 5) is 0. The van der Waals surface area contributed by atoms with Gasteiger partial charge in [-0.1, -0.05) is 98.8 Å². The van der Waals surface area contributed by atoms with Gasteiger partial charge >= 0.3 is 0 Å². The molecule has 0 aliphatic carbocycles. The molecule has 0 heterocycles. The molecular weight excluding hydrogens is 299 g/mol. The lowest BCUT2D eigenvalue weighted by atomic mass is 9.64. The van der Waals surface area contributed by atoms with Gasteiger partial charge in [-0.25, -0.2) is 0 Å². The first-order valence-electron chi connectivity index (χ1n) is 9.21. The predicted octanol–water partition coefficient (Wildman–Crippen LogP) is 4.11. The molecule has 25 heavy (non-hydrogen) atoms. The first-order chi connectivity index (χ1) is 12.1. The van der Waals surface area contributed by atoms with Crippen molar-refractivity contribution in [1.82, 2.24) is 0 Å². The summed E-state index contributed by atoms with van der Waals surface area (Å²) in [6.45, 7) is 13.1. The zero-order valence-electron chi connectivity index (χ0n) is 15.4. The van der Waals surface area contributed by atoms with Crippen molar-refractivity contribution in [2.45, 2.75) is 39.4 Å². The van der Waals surface area contributed by atoms with Crippen LogP contribution in [0.2, 0.25) is 6.32 Å². The summed E-state index contributed by atoms with van der Waals surface area (Å²) >= 11 is 0. The van der Waals surface area contributed by atoms with Crippen molar-refractivity contribution in [2.75, 3.05) is 0 Å². The second-order valence-electron chi connectivity index (χ2n) is 6.95. The quantitative estimate of drug-likeness (QED) is 0.473. The van der Waals surface area contributed by atoms with Gasteiger partial charge in [0.15, 0.2) is 7.28 Å². The zero-order valence-corrected chi connectivity index (χ0v) is 15.4. The van der Waals surface area contributed by atoms with E-state index in [0.29, 0.717) is 0 Å². The van der Waals surface area contributed by atoms with Crippen LogP contribution in [0.15, 0.2) is 48.5 Å². The molecule has 3 rings (SSSR count). The fourth-order valence-corrected chi connectivity index (χ4v) is 3.44. The highest BCUT2D eigenvalue weighted by Crippen LogP contribution is 2.11. The van der Waals surface area contributed by atoms with Crippen LogP contribution in [0, 0.1) is 6.92 Å². The summed E-state index contributed by atoms with van der Waals surface area (Å²) in [5, 5.41) is 4.73. The van der Waals surface area contributed by atoms with Gasteiger partial charge in [0, 0.05) is 0 Å². The van der Waals surface area contributed by atoms with E-state index >= 15 is 0 Å². The number of hydrogen-bond acceptors (Lipinski definition) is 0. The van der Waals surface area contributed by atoms with Crippen LogP contribution in [0.25, 0.3) is 23.9 Å². The first kappa shape index (κ1) is 17.5. The predicted molar refractivity (Wildman–Crippen MR) is 113 cm³/mol. The molecule has 0 aliphatic rings. The topological polar surface area (TPSA) is 0 Å². The Kier molecular flexibility index (Phi) is 5.43. The van der Waals surface area contributed by atoms with E-state index in [0.717, 1.165) is 23.2 Å². The second kappa shape index (κ2) is 7.74. The molecule has 0 N–H and O–H groups in total. The summed E-state index contributed by atoms with van der Waals surface area (Å²) in [6, 6.07) is 17.5. The number of aryl methyl sites for hydroxylation is 1. The summed E-state index contributed by atoms with van der Waals surface area (Å²) in [5.41, 5.74) is 5.18. The summed E-state index contributed by atoms with van der Waals surface area (Å²) in [5.74, 6) is 0.